The van der Waals surface area contributed by atoms with E-state index in [4.69, 9.17) is 0 Å². The van der Waals surface area contributed by atoms with Gasteiger partial charge in [-0.05, 0) is 47.4 Å². The van der Waals surface area contributed by atoms with Gasteiger partial charge in [-0.1, -0.05) is 60.7 Å². The van der Waals surface area contributed by atoms with Gasteiger partial charge in [0.05, 0.1) is 17.5 Å². The molecule has 0 aromatic heterocycles. The summed E-state index contributed by atoms with van der Waals surface area (Å²) in [5, 5.41) is 6.06. The lowest BCUT2D eigenvalue weighted by Gasteiger charge is -2.42. The topological polar surface area (TPSA) is 61.4 Å². The fourth-order valence-electron chi connectivity index (χ4n) is 5.58. The number of benzene rings is 3. The monoisotopic (exact) mass is 537 g/mol. The molecule has 1 fully saturated rings. The van der Waals surface area contributed by atoms with E-state index in [1.54, 1.807) is 18.2 Å². The Morgan fingerprint density at radius 2 is 1.79 bits per heavy atom. The first kappa shape index (κ1) is 25.2. The second-order valence-electron chi connectivity index (χ2n) is 9.81. The second kappa shape index (κ2) is 10.9. The van der Waals surface area contributed by atoms with E-state index in [0.717, 1.165) is 40.4 Å². The number of halogens is 1. The van der Waals surface area contributed by atoms with Crippen LogP contribution in [-0.4, -0.2) is 40.7 Å². The quantitative estimate of drug-likeness (QED) is 0.377. The minimum absolute atomic E-state index is 0.0476. The molecule has 2 aliphatic heterocycles. The predicted molar refractivity (Wildman–Crippen MR) is 155 cm³/mol. The van der Waals surface area contributed by atoms with Gasteiger partial charge in [0.1, 0.15) is 5.82 Å². The molecule has 0 bridgehead atoms. The average Bonchev–Trinajstić information content (AvgIpc) is 3.17. The van der Waals surface area contributed by atoms with Crippen molar-refractivity contribution in [2.75, 3.05) is 23.4 Å². The average molecular weight is 538 g/mol. The number of rotatable bonds is 5. The van der Waals surface area contributed by atoms with Crippen LogP contribution in [0.2, 0.25) is 0 Å². The van der Waals surface area contributed by atoms with Crippen molar-refractivity contribution < 1.29 is 14.0 Å². The molecular weight excluding hydrogens is 509 g/mol. The summed E-state index contributed by atoms with van der Waals surface area (Å²) in [5.74, 6) is 0.270. The van der Waals surface area contributed by atoms with Gasteiger partial charge in [0, 0.05) is 47.4 Å². The summed E-state index contributed by atoms with van der Waals surface area (Å²) in [6.45, 7) is 0.843. The zero-order valence-corrected chi connectivity index (χ0v) is 22.1. The molecule has 1 amide bonds. The molecule has 0 radical (unpaired) electrons. The Hall–Kier alpha value is -4.10. The molecule has 7 heteroatoms. The number of nitrogens with zero attached hydrogens (tertiary/aromatic N) is 1. The van der Waals surface area contributed by atoms with Crippen LogP contribution in [0.1, 0.15) is 27.1 Å². The second-order valence-corrected chi connectivity index (χ2v) is 10.9. The molecule has 3 aromatic rings. The lowest BCUT2D eigenvalue weighted by molar-refractivity contribution is 0.0846. The fraction of sp³-hybridized carbons (Fsp3) is 0.188. The van der Waals surface area contributed by atoms with Gasteiger partial charge in [0.25, 0.3) is 5.91 Å². The first-order valence-corrected chi connectivity index (χ1v) is 14.2. The third kappa shape index (κ3) is 5.02. The molecule has 3 aliphatic rings. The summed E-state index contributed by atoms with van der Waals surface area (Å²) >= 11 is 1.87. The molecule has 0 spiro atoms. The molecule has 2 heterocycles. The number of carbonyl (C=O) groups is 2. The molecule has 5 nitrogen and oxygen atoms in total. The summed E-state index contributed by atoms with van der Waals surface area (Å²) < 4.78 is 15.4. The van der Waals surface area contributed by atoms with Crippen LogP contribution in [0, 0.1) is 11.7 Å². The molecule has 2 atom stereocenters. The summed E-state index contributed by atoms with van der Waals surface area (Å²) in [6.07, 6.45) is 8.54. The van der Waals surface area contributed by atoms with Crippen LogP contribution in [0.25, 0.3) is 11.1 Å². The van der Waals surface area contributed by atoms with Crippen molar-refractivity contribution in [3.63, 3.8) is 0 Å². The number of thioether (sulfide) groups is 1. The van der Waals surface area contributed by atoms with Crippen molar-refractivity contribution in [2.24, 2.45) is 5.92 Å². The van der Waals surface area contributed by atoms with Crippen LogP contribution < -0.4 is 10.6 Å². The smallest absolute Gasteiger partial charge is 0.256 e. The highest BCUT2D eigenvalue weighted by atomic mass is 32.2. The fourth-order valence-corrected chi connectivity index (χ4v) is 6.50. The van der Waals surface area contributed by atoms with Gasteiger partial charge < -0.3 is 15.5 Å². The highest BCUT2D eigenvalue weighted by molar-refractivity contribution is 7.99. The molecule has 2 N–H and O–H groups in total. The summed E-state index contributed by atoms with van der Waals surface area (Å²) in [4.78, 5) is 29.2. The van der Waals surface area contributed by atoms with E-state index in [1.807, 2.05) is 72.7 Å². The number of hydrogen-bond acceptors (Lipinski definition) is 5. The summed E-state index contributed by atoms with van der Waals surface area (Å²) in [5.41, 5.74) is 4.74. The molecule has 6 rings (SSSR count). The first-order chi connectivity index (χ1) is 19.1. The van der Waals surface area contributed by atoms with Crippen molar-refractivity contribution in [2.45, 2.75) is 12.5 Å². The third-order valence-corrected chi connectivity index (χ3v) is 8.41. The summed E-state index contributed by atoms with van der Waals surface area (Å²) in [6, 6.07) is 21.2. The van der Waals surface area contributed by atoms with E-state index in [-0.39, 0.29) is 23.3 Å². The van der Waals surface area contributed by atoms with Crippen LogP contribution in [-0.2, 0) is 0 Å². The minimum Gasteiger partial charge on any atom is -0.366 e. The standard InChI is InChI=1S/C32H28FN3O2S/c33-29-17-23(35-32(38)26-11-5-4-10-25(26)21-7-2-1-3-8-21)13-14-27(29)31(37)28-12-6-9-22-18-34-19-24-20-39-16-15-36(24)30(22)28/h1-11,13-14,17-19,28,30,34H,12,15-16,20H2,(H,35,38). The van der Waals surface area contributed by atoms with Crippen LogP contribution in [0.15, 0.2) is 109 Å². The predicted octanol–water partition coefficient (Wildman–Crippen LogP) is 6.25. The lowest BCUT2D eigenvalue weighted by Crippen LogP contribution is -2.47. The SMILES string of the molecule is O=C(Nc1ccc(C(=O)C2CC=CC3=CNC=C4CSCCN4C32)c(F)c1)c1ccccc1-c1ccccc1. The van der Waals surface area contributed by atoms with E-state index in [9.17, 15) is 9.59 Å². The Morgan fingerprint density at radius 1 is 0.974 bits per heavy atom. The number of nitrogens with one attached hydrogen (secondary N) is 2. The number of allylic oxidation sites excluding steroid dienone is 1. The highest BCUT2D eigenvalue weighted by Crippen LogP contribution is 2.37. The Balaban J connectivity index is 1.24. The van der Waals surface area contributed by atoms with Crippen LogP contribution >= 0.6 is 11.8 Å². The molecule has 2 unspecified atom stereocenters. The zero-order chi connectivity index (χ0) is 26.8. The van der Waals surface area contributed by atoms with Crippen molar-refractivity contribution >= 4 is 29.1 Å². The number of carbonyl (C=O) groups excluding carboxylic acids is 2. The number of hydrogen-bond donors (Lipinski definition) is 2. The van der Waals surface area contributed by atoms with Crippen LogP contribution in [0.5, 0.6) is 0 Å². The lowest BCUT2D eigenvalue weighted by atomic mass is 9.79. The Labute approximate surface area is 231 Å². The zero-order valence-electron chi connectivity index (χ0n) is 21.3. The van der Waals surface area contributed by atoms with E-state index in [1.165, 1.54) is 12.1 Å². The molecule has 1 aliphatic carbocycles. The highest BCUT2D eigenvalue weighted by Gasteiger charge is 2.39. The number of amides is 1. The first-order valence-electron chi connectivity index (χ1n) is 13.1. The molecule has 1 saturated heterocycles. The van der Waals surface area contributed by atoms with Gasteiger partial charge in [0.2, 0.25) is 0 Å². The normalized spacial score (nSPS) is 20.0. The van der Waals surface area contributed by atoms with Gasteiger partial charge in [-0.2, -0.15) is 11.8 Å². The summed E-state index contributed by atoms with van der Waals surface area (Å²) in [7, 11) is 0. The maximum atomic E-state index is 15.4. The van der Waals surface area contributed by atoms with E-state index >= 15 is 4.39 Å². The molecule has 0 saturated carbocycles. The van der Waals surface area contributed by atoms with Gasteiger partial charge in [-0.3, -0.25) is 9.59 Å². The van der Waals surface area contributed by atoms with Crippen molar-refractivity contribution in [1.82, 2.24) is 10.2 Å². The third-order valence-electron chi connectivity index (χ3n) is 7.44. The Morgan fingerprint density at radius 3 is 2.64 bits per heavy atom. The number of anilines is 1. The van der Waals surface area contributed by atoms with Gasteiger partial charge in [-0.25, -0.2) is 4.39 Å². The maximum Gasteiger partial charge on any atom is 0.256 e. The number of ketones is 1. The van der Waals surface area contributed by atoms with Gasteiger partial charge >= 0.3 is 0 Å². The van der Waals surface area contributed by atoms with Crippen molar-refractivity contribution in [1.29, 1.82) is 0 Å². The van der Waals surface area contributed by atoms with Crippen molar-refractivity contribution in [3.8, 4) is 11.1 Å². The maximum absolute atomic E-state index is 15.4. The van der Waals surface area contributed by atoms with Crippen molar-refractivity contribution in [3.05, 3.63) is 126 Å². The van der Waals surface area contributed by atoms with Gasteiger partial charge in [-0.15, -0.1) is 0 Å². The number of Topliss-reactive ketones (excluding diaryl/α,β-unsaturated/α-hetero) is 1. The van der Waals surface area contributed by atoms with Gasteiger partial charge in [0.15, 0.2) is 5.78 Å². The van der Waals surface area contributed by atoms with E-state index in [0.29, 0.717) is 17.7 Å². The van der Waals surface area contributed by atoms with Crippen LogP contribution in [0.3, 0.4) is 0 Å². The molecule has 3 aromatic carbocycles. The Kier molecular flexibility index (Phi) is 7.07. The molecular formula is C32H28FN3O2S. The van der Waals surface area contributed by atoms with Crippen LogP contribution in [0.4, 0.5) is 10.1 Å². The molecule has 196 valence electrons. The number of fused-ring (bicyclic) bond motifs is 3. The molecule has 39 heavy (non-hydrogen) atoms. The Bertz CT molecular complexity index is 1510. The largest absolute Gasteiger partial charge is 0.366 e. The van der Waals surface area contributed by atoms with E-state index < -0.39 is 11.7 Å². The van der Waals surface area contributed by atoms with E-state index in [2.05, 4.69) is 21.6 Å². The minimum atomic E-state index is -0.633.